The van der Waals surface area contributed by atoms with Crippen molar-refractivity contribution in [2.24, 2.45) is 11.8 Å². The van der Waals surface area contributed by atoms with E-state index in [9.17, 15) is 19.5 Å². The van der Waals surface area contributed by atoms with E-state index in [4.69, 9.17) is 16.3 Å². The van der Waals surface area contributed by atoms with Crippen LogP contribution in [0.15, 0.2) is 48.6 Å². The molecule has 198 valence electrons. The zero-order chi connectivity index (χ0) is 26.5. The van der Waals surface area contributed by atoms with Crippen molar-refractivity contribution in [3.8, 4) is 0 Å². The molecule has 4 aliphatic heterocycles. The first-order valence-electron chi connectivity index (χ1n) is 13.1. The minimum Gasteiger partial charge on any atom is -0.394 e. The Bertz CT molecular complexity index is 1150. The van der Waals surface area contributed by atoms with Crippen molar-refractivity contribution in [2.45, 2.75) is 56.9 Å². The van der Waals surface area contributed by atoms with Gasteiger partial charge in [-0.3, -0.25) is 14.4 Å². The van der Waals surface area contributed by atoms with Crippen molar-refractivity contribution >= 4 is 35.0 Å². The van der Waals surface area contributed by atoms with Crippen molar-refractivity contribution in [1.82, 2.24) is 9.80 Å². The second kappa shape index (κ2) is 9.57. The highest BCUT2D eigenvalue weighted by molar-refractivity contribution is 6.30. The van der Waals surface area contributed by atoms with Crippen LogP contribution in [0.2, 0.25) is 5.02 Å². The van der Waals surface area contributed by atoms with E-state index in [1.807, 2.05) is 45.1 Å². The van der Waals surface area contributed by atoms with Crippen LogP contribution >= 0.6 is 11.6 Å². The maximum Gasteiger partial charge on any atom is 0.253 e. The summed E-state index contributed by atoms with van der Waals surface area (Å²) >= 11 is 6.09. The van der Waals surface area contributed by atoms with Crippen LogP contribution in [0.25, 0.3) is 0 Å². The third-order valence-corrected chi connectivity index (χ3v) is 8.54. The van der Waals surface area contributed by atoms with Gasteiger partial charge in [0.15, 0.2) is 0 Å². The van der Waals surface area contributed by atoms with Crippen molar-refractivity contribution in [3.63, 3.8) is 0 Å². The van der Waals surface area contributed by atoms with Crippen molar-refractivity contribution in [2.75, 3.05) is 31.1 Å². The summed E-state index contributed by atoms with van der Waals surface area (Å²) in [5.74, 6) is -2.44. The Labute approximate surface area is 222 Å². The lowest BCUT2D eigenvalue weighted by Gasteiger charge is -2.40. The lowest BCUT2D eigenvalue weighted by atomic mass is 9.74. The van der Waals surface area contributed by atoms with E-state index in [2.05, 4.69) is 0 Å². The fourth-order valence-electron chi connectivity index (χ4n) is 6.64. The van der Waals surface area contributed by atoms with Gasteiger partial charge in [-0.25, -0.2) is 0 Å². The first-order valence-corrected chi connectivity index (χ1v) is 13.4. The third-order valence-electron chi connectivity index (χ3n) is 8.29. The van der Waals surface area contributed by atoms with Crippen LogP contribution in [-0.2, 0) is 19.1 Å². The zero-order valence-corrected chi connectivity index (χ0v) is 22.2. The monoisotopic (exact) mass is 527 g/mol. The molecule has 4 heterocycles. The Balaban J connectivity index is 1.66. The molecule has 0 bridgehead atoms. The molecule has 0 saturated carbocycles. The normalized spacial score (nSPS) is 33.8. The van der Waals surface area contributed by atoms with Crippen LogP contribution in [0.4, 0.5) is 5.69 Å². The highest BCUT2D eigenvalue weighted by Gasteiger charge is 2.75. The summed E-state index contributed by atoms with van der Waals surface area (Å²) < 4.78 is 6.80. The first-order chi connectivity index (χ1) is 17.7. The molecule has 3 amide bonds. The topological polar surface area (TPSA) is 90.4 Å². The number of hydrogen-bond acceptors (Lipinski definition) is 5. The summed E-state index contributed by atoms with van der Waals surface area (Å²) in [7, 11) is 0. The van der Waals surface area contributed by atoms with Gasteiger partial charge >= 0.3 is 0 Å². The van der Waals surface area contributed by atoms with Crippen LogP contribution in [0.3, 0.4) is 0 Å². The molecule has 6 atom stereocenters. The van der Waals surface area contributed by atoms with Gasteiger partial charge in [0.2, 0.25) is 11.8 Å². The number of nitrogens with zero attached hydrogens (tertiary/aromatic N) is 3. The van der Waals surface area contributed by atoms with Crippen LogP contribution in [-0.4, -0.2) is 82.2 Å². The van der Waals surface area contributed by atoms with Crippen molar-refractivity contribution < 1.29 is 24.2 Å². The van der Waals surface area contributed by atoms with Gasteiger partial charge in [0.1, 0.15) is 11.6 Å². The van der Waals surface area contributed by atoms with Gasteiger partial charge in [0.25, 0.3) is 5.91 Å². The molecule has 37 heavy (non-hydrogen) atoms. The summed E-state index contributed by atoms with van der Waals surface area (Å²) in [5, 5.41) is 10.8. The largest absolute Gasteiger partial charge is 0.394 e. The average Bonchev–Trinajstić information content (AvgIpc) is 3.15. The number of carbonyl (C=O) groups excluding carboxylic acids is 3. The Morgan fingerprint density at radius 1 is 1.03 bits per heavy atom. The fraction of sp³-hybridized carbons (Fsp3) is 0.536. The molecule has 1 spiro atoms. The predicted molar refractivity (Wildman–Crippen MR) is 140 cm³/mol. The maximum absolute atomic E-state index is 14.4. The Kier molecular flexibility index (Phi) is 6.71. The van der Waals surface area contributed by atoms with Gasteiger partial charge in [-0.05, 0) is 44.0 Å². The molecule has 0 aromatic heterocycles. The number of likely N-dealkylation sites (tertiary alicyclic amines) is 1. The summed E-state index contributed by atoms with van der Waals surface area (Å²) in [4.78, 5) is 47.5. The van der Waals surface area contributed by atoms with E-state index in [1.54, 1.807) is 34.1 Å². The number of halogens is 1. The second-order valence-corrected chi connectivity index (χ2v) is 10.9. The molecule has 9 heteroatoms. The molecule has 1 unspecified atom stereocenters. The fourth-order valence-corrected chi connectivity index (χ4v) is 6.77. The van der Waals surface area contributed by atoms with Gasteiger partial charge < -0.3 is 24.5 Å². The maximum atomic E-state index is 14.4. The molecular weight excluding hydrogens is 494 g/mol. The molecule has 1 aromatic rings. The molecule has 0 radical (unpaired) electrons. The van der Waals surface area contributed by atoms with Gasteiger partial charge in [0.05, 0.1) is 30.1 Å². The number of rotatable bonds is 6. The number of carbonyl (C=O) groups is 3. The van der Waals surface area contributed by atoms with Gasteiger partial charge in [0, 0.05) is 30.3 Å². The molecule has 1 N–H and O–H groups in total. The molecule has 5 rings (SSSR count). The van der Waals surface area contributed by atoms with Crippen LogP contribution in [0, 0.1) is 11.8 Å². The number of hydrogen-bond donors (Lipinski definition) is 1. The Morgan fingerprint density at radius 3 is 2.38 bits per heavy atom. The van der Waals surface area contributed by atoms with E-state index >= 15 is 0 Å². The molecule has 1 aromatic carbocycles. The second-order valence-electron chi connectivity index (χ2n) is 10.5. The zero-order valence-electron chi connectivity index (χ0n) is 21.5. The Morgan fingerprint density at radius 2 is 1.73 bits per heavy atom. The van der Waals surface area contributed by atoms with Gasteiger partial charge in [-0.15, -0.1) is 0 Å². The van der Waals surface area contributed by atoms with E-state index in [0.717, 1.165) is 6.42 Å². The SMILES string of the molecule is CCCN1CC=C[C@@]2(C)O[C@]34C=CCN(c5ccc(Cl)cc5)C(=O)C3N([C@@H](CC)CO)C(=O)[C@@H]4[C@H]2C1=O. The number of aliphatic hydroxyl groups excluding tert-OH is 1. The highest BCUT2D eigenvalue weighted by Crippen LogP contribution is 2.58. The third kappa shape index (κ3) is 3.83. The van der Waals surface area contributed by atoms with Gasteiger partial charge in [-0.2, -0.15) is 0 Å². The summed E-state index contributed by atoms with van der Waals surface area (Å²) in [6.45, 7) is 6.73. The average molecular weight is 528 g/mol. The predicted octanol–water partition coefficient (Wildman–Crippen LogP) is 2.79. The minimum atomic E-state index is -1.34. The van der Waals surface area contributed by atoms with Crippen LogP contribution in [0.5, 0.6) is 0 Å². The standard InChI is InChI=1S/C28H34ClN3O5/c1-4-14-30-15-6-12-27(3)21(24(30)34)22-25(35)32(19(5-2)17-33)23-26(36)31(16-7-13-28(22,23)37-27)20-10-8-18(29)9-11-20/h6-13,19,21-23,33H,4-5,14-17H2,1-3H3/t19-,21-,22-,23?,27+,28-/m0/s1. The van der Waals surface area contributed by atoms with E-state index in [0.29, 0.717) is 30.2 Å². The van der Waals surface area contributed by atoms with Gasteiger partial charge in [-0.1, -0.05) is 49.8 Å². The summed E-state index contributed by atoms with van der Waals surface area (Å²) in [5.41, 5.74) is -1.75. The number of amides is 3. The lowest BCUT2D eigenvalue weighted by molar-refractivity contribution is -0.151. The smallest absolute Gasteiger partial charge is 0.253 e. The summed E-state index contributed by atoms with van der Waals surface area (Å²) in [6, 6.07) is 5.36. The molecule has 0 aliphatic carbocycles. The minimum absolute atomic E-state index is 0.137. The van der Waals surface area contributed by atoms with Crippen LogP contribution in [0.1, 0.15) is 33.6 Å². The lowest BCUT2D eigenvalue weighted by Crippen LogP contribution is -2.58. The first kappa shape index (κ1) is 25.9. The number of benzene rings is 1. The number of aliphatic hydroxyl groups is 1. The molecule has 4 aliphatic rings. The molecular formula is C28H34ClN3O5. The molecule has 2 saturated heterocycles. The molecule has 8 nitrogen and oxygen atoms in total. The number of anilines is 1. The number of fused-ring (bicyclic) bond motifs is 2. The van der Waals surface area contributed by atoms with Crippen LogP contribution < -0.4 is 4.90 Å². The number of ether oxygens (including phenoxy) is 1. The highest BCUT2D eigenvalue weighted by atomic mass is 35.5. The Hall–Kier alpha value is -2.68. The van der Waals surface area contributed by atoms with Crippen molar-refractivity contribution in [1.29, 1.82) is 0 Å². The van der Waals surface area contributed by atoms with Crippen molar-refractivity contribution in [3.05, 3.63) is 53.6 Å². The molecule has 2 fully saturated rings. The van der Waals surface area contributed by atoms with E-state index in [-0.39, 0.29) is 30.9 Å². The van der Waals surface area contributed by atoms with E-state index in [1.165, 1.54) is 4.90 Å². The summed E-state index contributed by atoms with van der Waals surface area (Å²) in [6.07, 6.45) is 8.73. The van der Waals surface area contributed by atoms with E-state index < -0.39 is 35.1 Å². The quantitative estimate of drug-likeness (QED) is 0.575.